The Hall–Kier alpha value is -1.84. The molecular formula is C19H25NO2. The minimum atomic E-state index is 0.587. The summed E-state index contributed by atoms with van der Waals surface area (Å²) in [6.45, 7) is 5.14. The molecule has 0 aromatic heterocycles. The van der Waals surface area contributed by atoms with Crippen LogP contribution < -0.4 is 10.1 Å². The SMILES string of the molecule is CCc1ccc(OC)c(COCCNCc2ccccc2)c1. The zero-order valence-electron chi connectivity index (χ0n) is 13.5. The summed E-state index contributed by atoms with van der Waals surface area (Å²) in [5.74, 6) is 0.898. The largest absolute Gasteiger partial charge is 0.496 e. The summed E-state index contributed by atoms with van der Waals surface area (Å²) in [4.78, 5) is 0. The maximum absolute atomic E-state index is 5.76. The van der Waals surface area contributed by atoms with Crippen LogP contribution in [0.1, 0.15) is 23.6 Å². The van der Waals surface area contributed by atoms with Gasteiger partial charge in [-0.2, -0.15) is 0 Å². The van der Waals surface area contributed by atoms with Crippen LogP contribution >= 0.6 is 0 Å². The van der Waals surface area contributed by atoms with Crippen molar-refractivity contribution in [2.45, 2.75) is 26.5 Å². The Balaban J connectivity index is 1.70. The van der Waals surface area contributed by atoms with Crippen LogP contribution in [0.5, 0.6) is 5.75 Å². The van der Waals surface area contributed by atoms with Crippen LogP contribution in [0.25, 0.3) is 0 Å². The first-order valence-electron chi connectivity index (χ1n) is 7.81. The van der Waals surface area contributed by atoms with Gasteiger partial charge >= 0.3 is 0 Å². The number of hydrogen-bond donors (Lipinski definition) is 1. The second-order valence-corrected chi connectivity index (χ2v) is 5.21. The van der Waals surface area contributed by atoms with Gasteiger partial charge in [0.2, 0.25) is 0 Å². The highest BCUT2D eigenvalue weighted by Gasteiger charge is 2.04. The molecule has 2 aromatic carbocycles. The minimum Gasteiger partial charge on any atom is -0.496 e. The average Bonchev–Trinajstić information content (AvgIpc) is 2.58. The van der Waals surface area contributed by atoms with Gasteiger partial charge in [0.25, 0.3) is 0 Å². The van der Waals surface area contributed by atoms with Crippen molar-refractivity contribution >= 4 is 0 Å². The van der Waals surface area contributed by atoms with Crippen LogP contribution in [0.3, 0.4) is 0 Å². The number of hydrogen-bond acceptors (Lipinski definition) is 3. The molecule has 3 heteroatoms. The molecule has 2 aromatic rings. The quantitative estimate of drug-likeness (QED) is 0.718. The second-order valence-electron chi connectivity index (χ2n) is 5.21. The lowest BCUT2D eigenvalue weighted by atomic mass is 10.1. The van der Waals surface area contributed by atoms with E-state index in [0.29, 0.717) is 13.2 Å². The Morgan fingerprint density at radius 3 is 2.55 bits per heavy atom. The topological polar surface area (TPSA) is 30.5 Å². The maximum Gasteiger partial charge on any atom is 0.124 e. The zero-order chi connectivity index (χ0) is 15.6. The summed E-state index contributed by atoms with van der Waals surface area (Å²) >= 11 is 0. The molecule has 0 radical (unpaired) electrons. The van der Waals surface area contributed by atoms with Gasteiger partial charge in [0.15, 0.2) is 0 Å². The highest BCUT2D eigenvalue weighted by molar-refractivity contribution is 5.36. The first-order valence-corrected chi connectivity index (χ1v) is 7.81. The number of ether oxygens (including phenoxy) is 2. The fourth-order valence-corrected chi connectivity index (χ4v) is 2.32. The first kappa shape index (κ1) is 16.5. The van der Waals surface area contributed by atoms with Gasteiger partial charge in [-0.25, -0.2) is 0 Å². The Morgan fingerprint density at radius 1 is 1.00 bits per heavy atom. The molecule has 0 aliphatic heterocycles. The molecule has 0 amide bonds. The molecule has 0 saturated carbocycles. The molecular weight excluding hydrogens is 274 g/mol. The van der Waals surface area contributed by atoms with E-state index < -0.39 is 0 Å². The van der Waals surface area contributed by atoms with E-state index in [0.717, 1.165) is 30.8 Å². The van der Waals surface area contributed by atoms with E-state index >= 15 is 0 Å². The summed E-state index contributed by atoms with van der Waals surface area (Å²) in [6.07, 6.45) is 1.02. The number of benzene rings is 2. The van der Waals surface area contributed by atoms with Crippen LogP contribution in [0, 0.1) is 0 Å². The predicted octanol–water partition coefficient (Wildman–Crippen LogP) is 3.56. The standard InChI is InChI=1S/C19H25NO2/c1-3-16-9-10-19(21-2)18(13-16)15-22-12-11-20-14-17-7-5-4-6-8-17/h4-10,13,20H,3,11-12,14-15H2,1-2H3. The highest BCUT2D eigenvalue weighted by atomic mass is 16.5. The molecule has 3 nitrogen and oxygen atoms in total. The molecule has 0 fully saturated rings. The van der Waals surface area contributed by atoms with Crippen molar-refractivity contribution in [3.63, 3.8) is 0 Å². The molecule has 118 valence electrons. The van der Waals surface area contributed by atoms with Gasteiger partial charge in [-0.15, -0.1) is 0 Å². The zero-order valence-corrected chi connectivity index (χ0v) is 13.5. The molecule has 0 atom stereocenters. The van der Waals surface area contributed by atoms with Crippen molar-refractivity contribution in [1.29, 1.82) is 0 Å². The molecule has 0 aliphatic rings. The molecule has 1 N–H and O–H groups in total. The highest BCUT2D eigenvalue weighted by Crippen LogP contribution is 2.21. The molecule has 0 spiro atoms. The lowest BCUT2D eigenvalue weighted by molar-refractivity contribution is 0.120. The summed E-state index contributed by atoms with van der Waals surface area (Å²) in [5.41, 5.74) is 3.71. The molecule has 2 rings (SSSR count). The van der Waals surface area contributed by atoms with E-state index in [2.05, 4.69) is 48.6 Å². The van der Waals surface area contributed by atoms with Gasteiger partial charge in [-0.3, -0.25) is 0 Å². The summed E-state index contributed by atoms with van der Waals surface area (Å²) < 4.78 is 11.1. The van der Waals surface area contributed by atoms with E-state index in [9.17, 15) is 0 Å². The van der Waals surface area contributed by atoms with Crippen molar-refractivity contribution < 1.29 is 9.47 Å². The molecule has 22 heavy (non-hydrogen) atoms. The van der Waals surface area contributed by atoms with Gasteiger partial charge in [-0.05, 0) is 29.7 Å². The van der Waals surface area contributed by atoms with Gasteiger partial charge in [0.05, 0.1) is 20.3 Å². The van der Waals surface area contributed by atoms with Crippen LogP contribution in [0.4, 0.5) is 0 Å². The van der Waals surface area contributed by atoms with Crippen LogP contribution in [-0.2, 0) is 24.3 Å². The van der Waals surface area contributed by atoms with Gasteiger partial charge in [-0.1, -0.05) is 43.3 Å². The van der Waals surface area contributed by atoms with E-state index in [1.807, 2.05) is 12.1 Å². The van der Waals surface area contributed by atoms with Gasteiger partial charge in [0.1, 0.15) is 5.75 Å². The van der Waals surface area contributed by atoms with E-state index in [4.69, 9.17) is 9.47 Å². The smallest absolute Gasteiger partial charge is 0.124 e. The molecule has 0 bridgehead atoms. The fraction of sp³-hybridized carbons (Fsp3) is 0.368. The number of rotatable bonds is 9. The van der Waals surface area contributed by atoms with Gasteiger partial charge < -0.3 is 14.8 Å². The van der Waals surface area contributed by atoms with Crippen LogP contribution in [-0.4, -0.2) is 20.3 Å². The van der Waals surface area contributed by atoms with Crippen LogP contribution in [0.2, 0.25) is 0 Å². The van der Waals surface area contributed by atoms with E-state index in [-0.39, 0.29) is 0 Å². The molecule has 0 saturated heterocycles. The molecule has 0 aliphatic carbocycles. The number of methoxy groups -OCH3 is 1. The molecule has 0 heterocycles. The first-order chi connectivity index (χ1) is 10.8. The average molecular weight is 299 g/mol. The van der Waals surface area contributed by atoms with Crippen LogP contribution in [0.15, 0.2) is 48.5 Å². The Labute approximate surface area is 133 Å². The van der Waals surface area contributed by atoms with Crippen molar-refractivity contribution in [1.82, 2.24) is 5.32 Å². The van der Waals surface area contributed by atoms with Crippen molar-refractivity contribution in [3.8, 4) is 5.75 Å². The fourth-order valence-electron chi connectivity index (χ4n) is 2.32. The van der Waals surface area contributed by atoms with Crippen molar-refractivity contribution in [2.24, 2.45) is 0 Å². The maximum atomic E-state index is 5.76. The number of aryl methyl sites for hydroxylation is 1. The Kier molecular flexibility index (Phi) is 6.94. The Morgan fingerprint density at radius 2 is 1.82 bits per heavy atom. The summed E-state index contributed by atoms with van der Waals surface area (Å²) in [5, 5.41) is 3.38. The second kappa shape index (κ2) is 9.23. The van der Waals surface area contributed by atoms with Gasteiger partial charge in [0, 0.05) is 18.7 Å². The number of nitrogens with one attached hydrogen (secondary N) is 1. The third kappa shape index (κ3) is 5.17. The predicted molar refractivity (Wildman–Crippen MR) is 90.2 cm³/mol. The lowest BCUT2D eigenvalue weighted by Gasteiger charge is -2.11. The van der Waals surface area contributed by atoms with E-state index in [1.54, 1.807) is 7.11 Å². The van der Waals surface area contributed by atoms with E-state index in [1.165, 1.54) is 11.1 Å². The lowest BCUT2D eigenvalue weighted by Crippen LogP contribution is -2.19. The monoisotopic (exact) mass is 299 g/mol. The summed E-state index contributed by atoms with van der Waals surface area (Å²) in [7, 11) is 1.70. The summed E-state index contributed by atoms with van der Waals surface area (Å²) in [6, 6.07) is 16.7. The Bertz CT molecular complexity index is 555. The van der Waals surface area contributed by atoms with Crippen molar-refractivity contribution in [2.75, 3.05) is 20.3 Å². The third-order valence-corrected chi connectivity index (χ3v) is 3.61. The third-order valence-electron chi connectivity index (χ3n) is 3.61. The normalized spacial score (nSPS) is 10.6. The minimum absolute atomic E-state index is 0.587. The molecule has 0 unspecified atom stereocenters. The van der Waals surface area contributed by atoms with Crippen molar-refractivity contribution in [3.05, 3.63) is 65.2 Å².